The van der Waals surface area contributed by atoms with Gasteiger partial charge in [-0.3, -0.25) is 9.79 Å². The topological polar surface area (TPSA) is 32.7 Å². The molecule has 1 amide bonds. The number of aliphatic imine (C=N–C) groups is 1. The highest BCUT2D eigenvalue weighted by molar-refractivity contribution is 6.00. The van der Waals surface area contributed by atoms with Crippen LogP contribution in [0.5, 0.6) is 0 Å². The molecule has 1 atom stereocenters. The van der Waals surface area contributed by atoms with E-state index in [1.54, 1.807) is 0 Å². The number of hydrogen-bond donors (Lipinski definition) is 0. The number of unbranched alkanes of at least 4 members (excludes halogenated alkanes) is 9. The number of rotatable bonds is 16. The first-order valence-electron chi connectivity index (χ1n) is 11.8. The van der Waals surface area contributed by atoms with Crippen molar-refractivity contribution in [2.75, 3.05) is 6.54 Å². The lowest BCUT2D eigenvalue weighted by atomic mass is 9.99. The van der Waals surface area contributed by atoms with Crippen LogP contribution in [0.1, 0.15) is 111 Å². The number of allylic oxidation sites excluding steroid dienone is 1. The van der Waals surface area contributed by atoms with Gasteiger partial charge in [-0.05, 0) is 26.7 Å². The molecule has 3 heteroatoms. The molecular formula is C25H44N2O. The molecule has 160 valence electrons. The molecule has 1 heterocycles. The van der Waals surface area contributed by atoms with Gasteiger partial charge in [-0.15, -0.1) is 0 Å². The Balaban J connectivity index is 2.67. The number of hydrogen-bond acceptors (Lipinski definition) is 2. The number of nitrogens with zero attached hydrogens (tertiary/aromatic N) is 2. The van der Waals surface area contributed by atoms with E-state index < -0.39 is 0 Å². The maximum Gasteiger partial charge on any atom is 0.256 e. The molecule has 1 rings (SSSR count). The van der Waals surface area contributed by atoms with Gasteiger partial charge in [0.05, 0.1) is 17.8 Å². The van der Waals surface area contributed by atoms with Crippen molar-refractivity contribution in [3.05, 3.63) is 23.4 Å². The van der Waals surface area contributed by atoms with E-state index in [-0.39, 0.29) is 5.91 Å². The summed E-state index contributed by atoms with van der Waals surface area (Å²) in [6, 6.07) is 0.366. The summed E-state index contributed by atoms with van der Waals surface area (Å²) >= 11 is 0. The molecule has 1 aliphatic heterocycles. The molecule has 28 heavy (non-hydrogen) atoms. The molecule has 0 spiro atoms. The van der Waals surface area contributed by atoms with Crippen LogP contribution in [0.15, 0.2) is 28.4 Å². The molecule has 1 aliphatic rings. The average molecular weight is 389 g/mol. The lowest BCUT2D eigenvalue weighted by molar-refractivity contribution is -0.127. The molecule has 0 aliphatic carbocycles. The van der Waals surface area contributed by atoms with Gasteiger partial charge in [0, 0.05) is 12.3 Å². The summed E-state index contributed by atoms with van der Waals surface area (Å²) in [4.78, 5) is 19.7. The van der Waals surface area contributed by atoms with E-state index >= 15 is 0 Å². The second kappa shape index (κ2) is 15.5. The van der Waals surface area contributed by atoms with Crippen molar-refractivity contribution in [3.8, 4) is 0 Å². The average Bonchev–Trinajstić information content (AvgIpc) is 2.99. The summed E-state index contributed by atoms with van der Waals surface area (Å²) < 4.78 is 0. The van der Waals surface area contributed by atoms with Crippen LogP contribution in [-0.4, -0.2) is 29.6 Å². The van der Waals surface area contributed by atoms with Crippen LogP contribution in [-0.2, 0) is 4.79 Å². The zero-order valence-electron chi connectivity index (χ0n) is 19.0. The molecule has 0 aromatic carbocycles. The fraction of sp³-hybridized carbons (Fsp3) is 0.760. The first-order valence-corrected chi connectivity index (χ1v) is 11.8. The molecular weight excluding hydrogens is 344 g/mol. The molecule has 0 aromatic rings. The lowest BCUT2D eigenvalue weighted by Crippen LogP contribution is -2.37. The molecule has 0 radical (unpaired) electrons. The summed E-state index contributed by atoms with van der Waals surface area (Å²) in [6.07, 6.45) is 22.3. The fourth-order valence-electron chi connectivity index (χ4n) is 4.09. The van der Waals surface area contributed by atoms with E-state index in [4.69, 9.17) is 0 Å². The summed E-state index contributed by atoms with van der Waals surface area (Å²) in [6.45, 7) is 9.10. The zero-order valence-corrected chi connectivity index (χ0v) is 19.0. The third-order valence-electron chi connectivity index (χ3n) is 5.71. The van der Waals surface area contributed by atoms with Gasteiger partial charge in [-0.2, -0.15) is 0 Å². The SMILES string of the molecule is C/C=C\C1=C(/N=C\C)CN(C(CCCCCCC)CCCCCCCC)C1=O. The second-order valence-electron chi connectivity index (χ2n) is 8.09. The zero-order chi connectivity index (χ0) is 20.6. The highest BCUT2D eigenvalue weighted by Crippen LogP contribution is 2.28. The Morgan fingerprint density at radius 3 is 1.93 bits per heavy atom. The number of amides is 1. The first-order chi connectivity index (χ1) is 13.7. The first kappa shape index (κ1) is 24.7. The largest absolute Gasteiger partial charge is 0.330 e. The van der Waals surface area contributed by atoms with Crippen molar-refractivity contribution in [2.24, 2.45) is 4.99 Å². The van der Waals surface area contributed by atoms with Crippen LogP contribution in [0.3, 0.4) is 0 Å². The van der Waals surface area contributed by atoms with Gasteiger partial charge in [0.1, 0.15) is 0 Å². The lowest BCUT2D eigenvalue weighted by Gasteiger charge is -2.28. The van der Waals surface area contributed by atoms with Gasteiger partial charge < -0.3 is 4.90 Å². The quantitative estimate of drug-likeness (QED) is 0.203. The summed E-state index contributed by atoms with van der Waals surface area (Å²) in [7, 11) is 0. The van der Waals surface area contributed by atoms with Crippen molar-refractivity contribution >= 4 is 12.1 Å². The molecule has 3 nitrogen and oxygen atoms in total. The van der Waals surface area contributed by atoms with Gasteiger partial charge in [-0.25, -0.2) is 0 Å². The maximum atomic E-state index is 13.1. The molecule has 0 saturated carbocycles. The monoisotopic (exact) mass is 388 g/mol. The van der Waals surface area contributed by atoms with Crippen LogP contribution >= 0.6 is 0 Å². The maximum absolute atomic E-state index is 13.1. The van der Waals surface area contributed by atoms with Crippen LogP contribution in [0.4, 0.5) is 0 Å². The van der Waals surface area contributed by atoms with E-state index in [9.17, 15) is 4.79 Å². The van der Waals surface area contributed by atoms with Crippen LogP contribution in [0, 0.1) is 0 Å². The van der Waals surface area contributed by atoms with Crippen LogP contribution in [0.2, 0.25) is 0 Å². The Labute approximate surface area is 174 Å². The minimum Gasteiger partial charge on any atom is -0.330 e. The van der Waals surface area contributed by atoms with E-state index in [2.05, 4.69) is 23.7 Å². The molecule has 0 aromatic heterocycles. The van der Waals surface area contributed by atoms with Crippen LogP contribution < -0.4 is 0 Å². The van der Waals surface area contributed by atoms with Crippen molar-refractivity contribution < 1.29 is 4.79 Å². The third kappa shape index (κ3) is 8.75. The Morgan fingerprint density at radius 1 is 0.893 bits per heavy atom. The minimum absolute atomic E-state index is 0.184. The normalized spacial score (nSPS) is 16.3. The predicted octanol–water partition coefficient (Wildman–Crippen LogP) is 7.23. The summed E-state index contributed by atoms with van der Waals surface area (Å²) in [5.74, 6) is 0.184. The minimum atomic E-state index is 0.184. The van der Waals surface area contributed by atoms with E-state index in [0.717, 1.165) is 24.1 Å². The van der Waals surface area contributed by atoms with Crippen LogP contribution in [0.25, 0.3) is 0 Å². The summed E-state index contributed by atoms with van der Waals surface area (Å²) in [5.41, 5.74) is 1.73. The number of carbonyl (C=O) groups excluding carboxylic acids is 1. The van der Waals surface area contributed by atoms with Gasteiger partial charge in [0.2, 0.25) is 0 Å². The Bertz CT molecular complexity index is 519. The van der Waals surface area contributed by atoms with E-state index in [1.165, 1.54) is 70.6 Å². The van der Waals surface area contributed by atoms with Crippen molar-refractivity contribution in [2.45, 2.75) is 117 Å². The Kier molecular flexibility index (Phi) is 13.7. The molecule has 0 saturated heterocycles. The van der Waals surface area contributed by atoms with E-state index in [1.807, 2.05) is 32.2 Å². The van der Waals surface area contributed by atoms with E-state index in [0.29, 0.717) is 12.6 Å². The number of carbonyl (C=O) groups is 1. The standard InChI is InChI=1S/C25H44N2O/c1-5-9-11-13-15-17-20-22(19-16-14-12-10-6-2)27-21-24(26-8-4)23(18-7-3)25(27)28/h7-8,18,22H,5-6,9-17,19-21H2,1-4H3/b18-7-,26-8-. The van der Waals surface area contributed by atoms with Gasteiger partial charge in [0.25, 0.3) is 5.91 Å². The Morgan fingerprint density at radius 2 is 1.43 bits per heavy atom. The van der Waals surface area contributed by atoms with Gasteiger partial charge in [0.15, 0.2) is 0 Å². The van der Waals surface area contributed by atoms with Crippen molar-refractivity contribution in [1.82, 2.24) is 4.90 Å². The third-order valence-corrected chi connectivity index (χ3v) is 5.71. The smallest absolute Gasteiger partial charge is 0.256 e. The molecule has 0 bridgehead atoms. The Hall–Kier alpha value is -1.38. The van der Waals surface area contributed by atoms with Crippen molar-refractivity contribution in [3.63, 3.8) is 0 Å². The summed E-state index contributed by atoms with van der Waals surface area (Å²) in [5, 5.41) is 0. The highest BCUT2D eigenvalue weighted by atomic mass is 16.2. The molecule has 0 fully saturated rings. The molecule has 1 unspecified atom stereocenters. The predicted molar refractivity (Wildman–Crippen MR) is 123 cm³/mol. The second-order valence-corrected chi connectivity index (χ2v) is 8.09. The van der Waals surface area contributed by atoms with Gasteiger partial charge in [-0.1, -0.05) is 96.6 Å². The highest BCUT2D eigenvalue weighted by Gasteiger charge is 2.33. The molecule has 0 N–H and O–H groups in total. The van der Waals surface area contributed by atoms with Gasteiger partial charge >= 0.3 is 0 Å². The fourth-order valence-corrected chi connectivity index (χ4v) is 4.09. The van der Waals surface area contributed by atoms with Crippen molar-refractivity contribution in [1.29, 1.82) is 0 Å².